The SMILES string of the molecule is CCn1cc([N+](=O)[O-])c(C(=O)Nc2sc(C(=O)OC)c(C)c2C(=O)OC)n1. The molecule has 27 heavy (non-hydrogen) atoms. The average molecular weight is 396 g/mol. The highest BCUT2D eigenvalue weighted by Crippen LogP contribution is 2.34. The number of amides is 1. The minimum Gasteiger partial charge on any atom is -0.465 e. The van der Waals surface area contributed by atoms with Gasteiger partial charge in [0.25, 0.3) is 5.91 Å². The smallest absolute Gasteiger partial charge is 0.348 e. The van der Waals surface area contributed by atoms with E-state index < -0.39 is 34.2 Å². The summed E-state index contributed by atoms with van der Waals surface area (Å²) in [5.41, 5.74) is -0.657. The lowest BCUT2D eigenvalue weighted by molar-refractivity contribution is -0.385. The highest BCUT2D eigenvalue weighted by atomic mass is 32.1. The molecule has 0 saturated carbocycles. The summed E-state index contributed by atoms with van der Waals surface area (Å²) in [7, 11) is 2.33. The van der Waals surface area contributed by atoms with Gasteiger partial charge in [0, 0.05) is 6.54 Å². The summed E-state index contributed by atoms with van der Waals surface area (Å²) in [6.45, 7) is 3.53. The molecular formula is C15H16N4O7S. The molecule has 0 atom stereocenters. The van der Waals surface area contributed by atoms with Gasteiger partial charge in [-0.1, -0.05) is 0 Å². The fourth-order valence-electron chi connectivity index (χ4n) is 2.27. The summed E-state index contributed by atoms with van der Waals surface area (Å²) in [6.07, 6.45) is 1.13. The van der Waals surface area contributed by atoms with Crippen LogP contribution < -0.4 is 5.32 Å². The summed E-state index contributed by atoms with van der Waals surface area (Å²) >= 11 is 0.801. The van der Waals surface area contributed by atoms with Crippen LogP contribution in [0.4, 0.5) is 10.7 Å². The fraction of sp³-hybridized carbons (Fsp3) is 0.333. The molecule has 2 aromatic heterocycles. The molecule has 0 fully saturated rings. The molecule has 1 amide bonds. The molecule has 2 aromatic rings. The molecule has 1 N–H and O–H groups in total. The van der Waals surface area contributed by atoms with E-state index in [1.54, 1.807) is 6.92 Å². The molecule has 0 unspecified atom stereocenters. The van der Waals surface area contributed by atoms with Crippen molar-refractivity contribution in [1.82, 2.24) is 9.78 Å². The maximum Gasteiger partial charge on any atom is 0.348 e. The third-order valence-electron chi connectivity index (χ3n) is 3.61. The van der Waals surface area contributed by atoms with E-state index in [4.69, 9.17) is 4.74 Å². The molecule has 0 aromatic carbocycles. The van der Waals surface area contributed by atoms with Crippen molar-refractivity contribution in [1.29, 1.82) is 0 Å². The second-order valence-corrected chi connectivity index (χ2v) is 6.19. The van der Waals surface area contributed by atoms with Gasteiger partial charge in [-0.15, -0.1) is 11.3 Å². The molecule has 0 aliphatic carbocycles. The minimum absolute atomic E-state index is 0.00472. The number of nitrogens with zero attached hydrogens (tertiary/aromatic N) is 3. The fourth-order valence-corrected chi connectivity index (χ4v) is 3.38. The molecule has 11 nitrogen and oxygen atoms in total. The van der Waals surface area contributed by atoms with Gasteiger partial charge in [0.15, 0.2) is 0 Å². The van der Waals surface area contributed by atoms with Crippen molar-refractivity contribution < 1.29 is 28.8 Å². The van der Waals surface area contributed by atoms with Crippen molar-refractivity contribution in [2.75, 3.05) is 19.5 Å². The molecular weight excluding hydrogens is 380 g/mol. The Hall–Kier alpha value is -3.28. The van der Waals surface area contributed by atoms with Gasteiger partial charge in [-0.3, -0.25) is 19.6 Å². The predicted molar refractivity (Wildman–Crippen MR) is 94.2 cm³/mol. The molecule has 0 aliphatic rings. The zero-order valence-corrected chi connectivity index (χ0v) is 15.7. The topological polar surface area (TPSA) is 143 Å². The molecule has 2 rings (SSSR count). The van der Waals surface area contributed by atoms with Crippen molar-refractivity contribution in [3.63, 3.8) is 0 Å². The van der Waals surface area contributed by atoms with Crippen LogP contribution in [0.2, 0.25) is 0 Å². The van der Waals surface area contributed by atoms with Gasteiger partial charge < -0.3 is 14.8 Å². The van der Waals surface area contributed by atoms with Gasteiger partial charge in [-0.2, -0.15) is 5.10 Å². The highest BCUT2D eigenvalue weighted by Gasteiger charge is 2.30. The van der Waals surface area contributed by atoms with Crippen LogP contribution in [0.15, 0.2) is 6.20 Å². The minimum atomic E-state index is -0.892. The van der Waals surface area contributed by atoms with Gasteiger partial charge in [0.1, 0.15) is 16.1 Å². The van der Waals surface area contributed by atoms with Crippen LogP contribution in [0, 0.1) is 17.0 Å². The maximum atomic E-state index is 12.5. The number of methoxy groups -OCH3 is 2. The largest absolute Gasteiger partial charge is 0.465 e. The van der Waals surface area contributed by atoms with Crippen LogP contribution in [0.1, 0.15) is 43.0 Å². The third-order valence-corrected chi connectivity index (χ3v) is 4.80. The van der Waals surface area contributed by atoms with Crippen molar-refractivity contribution in [3.8, 4) is 0 Å². The number of ether oxygens (including phenoxy) is 2. The standard InChI is InChI=1S/C15H16N4O7S/c1-5-18-6-8(19(23)24)10(17-18)12(20)16-13-9(14(21)25-3)7(2)11(27-13)15(22)26-4/h6H,5H2,1-4H3,(H,16,20). The summed E-state index contributed by atoms with van der Waals surface area (Å²) < 4.78 is 10.6. The van der Waals surface area contributed by atoms with Crippen LogP contribution in [0.5, 0.6) is 0 Å². The first-order valence-corrected chi connectivity index (χ1v) is 8.39. The van der Waals surface area contributed by atoms with Crippen molar-refractivity contribution in [3.05, 3.63) is 38.0 Å². The number of carbonyl (C=O) groups excluding carboxylic acids is 3. The monoisotopic (exact) mass is 396 g/mol. The highest BCUT2D eigenvalue weighted by molar-refractivity contribution is 7.18. The van der Waals surface area contributed by atoms with E-state index in [1.807, 2.05) is 0 Å². The lowest BCUT2D eigenvalue weighted by Crippen LogP contribution is -2.16. The van der Waals surface area contributed by atoms with Crippen molar-refractivity contribution in [2.24, 2.45) is 0 Å². The van der Waals surface area contributed by atoms with Gasteiger partial charge in [0.05, 0.1) is 24.7 Å². The summed E-state index contributed by atoms with van der Waals surface area (Å²) in [5, 5.41) is 17.4. The third kappa shape index (κ3) is 3.79. The van der Waals surface area contributed by atoms with E-state index in [0.717, 1.165) is 24.6 Å². The second kappa shape index (κ2) is 7.95. The predicted octanol–water partition coefficient (Wildman–Crippen LogP) is 2.01. The van der Waals surface area contributed by atoms with Crippen molar-refractivity contribution >= 4 is 39.9 Å². The quantitative estimate of drug-likeness (QED) is 0.444. The number of carbonyl (C=O) groups is 3. The normalized spacial score (nSPS) is 10.4. The Kier molecular flexibility index (Phi) is 5.90. The van der Waals surface area contributed by atoms with E-state index >= 15 is 0 Å². The van der Waals surface area contributed by atoms with E-state index in [9.17, 15) is 24.5 Å². The van der Waals surface area contributed by atoms with Crippen molar-refractivity contribution in [2.45, 2.75) is 20.4 Å². The van der Waals surface area contributed by atoms with Crippen LogP contribution >= 0.6 is 11.3 Å². The Morgan fingerprint density at radius 1 is 1.30 bits per heavy atom. The van der Waals surface area contributed by atoms with E-state index in [-0.39, 0.29) is 21.0 Å². The lowest BCUT2D eigenvalue weighted by atomic mass is 10.1. The zero-order chi connectivity index (χ0) is 20.3. The number of thiophene rings is 1. The summed E-state index contributed by atoms with van der Waals surface area (Å²) in [4.78, 5) is 47.0. The first-order valence-electron chi connectivity index (χ1n) is 7.58. The number of rotatable bonds is 6. The lowest BCUT2D eigenvalue weighted by Gasteiger charge is -2.04. The number of hydrogen-bond acceptors (Lipinski definition) is 9. The van der Waals surface area contributed by atoms with E-state index in [0.29, 0.717) is 6.54 Å². The zero-order valence-electron chi connectivity index (χ0n) is 14.9. The van der Waals surface area contributed by atoms with Crippen LogP contribution in [-0.4, -0.2) is 46.8 Å². The van der Waals surface area contributed by atoms with Crippen LogP contribution in [0.25, 0.3) is 0 Å². The Balaban J connectivity index is 2.49. The number of nitrogens with one attached hydrogen (secondary N) is 1. The van der Waals surface area contributed by atoms with Gasteiger partial charge in [0.2, 0.25) is 5.69 Å². The summed E-state index contributed by atoms with van der Waals surface area (Å²) in [5.74, 6) is -2.36. The molecule has 0 radical (unpaired) electrons. The molecule has 0 aliphatic heterocycles. The number of aromatic nitrogens is 2. The molecule has 0 bridgehead atoms. The first-order chi connectivity index (χ1) is 12.7. The van der Waals surface area contributed by atoms with E-state index in [1.165, 1.54) is 18.7 Å². The Labute approximate surface area is 157 Å². The average Bonchev–Trinajstić information content (AvgIpc) is 3.22. The molecule has 0 saturated heterocycles. The second-order valence-electron chi connectivity index (χ2n) is 5.17. The molecule has 12 heteroatoms. The van der Waals surface area contributed by atoms with Crippen LogP contribution in [-0.2, 0) is 16.0 Å². The Morgan fingerprint density at radius 2 is 1.93 bits per heavy atom. The molecule has 0 spiro atoms. The Bertz CT molecular complexity index is 931. The number of hydrogen-bond donors (Lipinski definition) is 1. The Morgan fingerprint density at radius 3 is 2.44 bits per heavy atom. The number of esters is 2. The van der Waals surface area contributed by atoms with Gasteiger partial charge >= 0.3 is 17.6 Å². The van der Waals surface area contributed by atoms with Crippen LogP contribution in [0.3, 0.4) is 0 Å². The molecule has 144 valence electrons. The van der Waals surface area contributed by atoms with Gasteiger partial charge in [-0.05, 0) is 19.4 Å². The number of aryl methyl sites for hydroxylation is 1. The number of anilines is 1. The molecule has 2 heterocycles. The van der Waals surface area contributed by atoms with Gasteiger partial charge in [-0.25, -0.2) is 9.59 Å². The maximum absolute atomic E-state index is 12.5. The first kappa shape index (κ1) is 20.0. The number of nitro groups is 1. The summed E-state index contributed by atoms with van der Waals surface area (Å²) in [6, 6.07) is 0. The van der Waals surface area contributed by atoms with E-state index in [2.05, 4.69) is 15.2 Å².